The first-order valence-electron chi connectivity index (χ1n) is 14.0. The molecule has 0 saturated carbocycles. The number of nitrogens with two attached hydrogens (primary N) is 1. The molecular weight excluding hydrogens is 590 g/mol. The third-order valence-electron chi connectivity index (χ3n) is 7.92. The summed E-state index contributed by atoms with van der Waals surface area (Å²) in [5, 5.41) is 5.95. The number of carbonyl (C=O) groups excluding carboxylic acids is 1. The molecule has 2 aliphatic heterocycles. The number of amides is 1. The molecule has 8 nitrogen and oxygen atoms in total. The Bertz CT molecular complexity index is 1740. The molecule has 1 amide bonds. The Morgan fingerprint density at radius 2 is 1.91 bits per heavy atom. The zero-order chi connectivity index (χ0) is 30.1. The van der Waals surface area contributed by atoms with Gasteiger partial charge in [0.15, 0.2) is 0 Å². The number of rotatable bonds is 6. The van der Waals surface area contributed by atoms with E-state index in [-0.39, 0.29) is 18.0 Å². The molecule has 0 aliphatic carbocycles. The molecule has 1 saturated heterocycles. The fraction of sp³-hybridized carbons (Fsp3) is 0.250. The van der Waals surface area contributed by atoms with Crippen molar-refractivity contribution in [1.29, 1.82) is 0 Å². The second-order valence-electron chi connectivity index (χ2n) is 10.5. The molecule has 1 aromatic heterocycles. The molecule has 3 heterocycles. The lowest BCUT2D eigenvalue weighted by molar-refractivity contribution is -0.487. The molecular formula is C32H30Cl2FN6O2+. The van der Waals surface area contributed by atoms with E-state index in [1.807, 2.05) is 24.1 Å². The molecule has 43 heavy (non-hydrogen) atoms. The van der Waals surface area contributed by atoms with Crippen molar-refractivity contribution in [3.8, 4) is 17.0 Å². The average molecular weight is 621 g/mol. The van der Waals surface area contributed by atoms with E-state index in [9.17, 15) is 4.79 Å². The molecule has 0 atom stereocenters. The number of nitrogens with zero attached hydrogens (tertiary/aromatic N) is 4. The lowest BCUT2D eigenvalue weighted by Gasteiger charge is -2.32. The lowest BCUT2D eigenvalue weighted by Crippen LogP contribution is -2.72. The highest BCUT2D eigenvalue weighted by Gasteiger charge is 2.27. The first-order chi connectivity index (χ1) is 20.9. The van der Waals surface area contributed by atoms with Gasteiger partial charge in [-0.05, 0) is 50.2 Å². The molecule has 4 aromatic rings. The van der Waals surface area contributed by atoms with Crippen molar-refractivity contribution in [2.45, 2.75) is 25.4 Å². The summed E-state index contributed by atoms with van der Waals surface area (Å²) < 4.78 is 20.6. The number of likely N-dealkylation sites (tertiary alicyclic amines) is 1. The van der Waals surface area contributed by atoms with Crippen LogP contribution in [0.1, 0.15) is 39.9 Å². The summed E-state index contributed by atoms with van der Waals surface area (Å²) >= 11 is 13.0. The summed E-state index contributed by atoms with van der Waals surface area (Å²) in [6.45, 7) is 1.63. The van der Waals surface area contributed by atoms with Gasteiger partial charge < -0.3 is 15.0 Å². The van der Waals surface area contributed by atoms with Crippen LogP contribution in [0.3, 0.4) is 0 Å². The van der Waals surface area contributed by atoms with Gasteiger partial charge in [-0.15, -0.1) is 0 Å². The van der Waals surface area contributed by atoms with Crippen molar-refractivity contribution < 1.29 is 19.2 Å². The van der Waals surface area contributed by atoms with Crippen molar-refractivity contribution in [3.05, 3.63) is 98.9 Å². The van der Waals surface area contributed by atoms with Crippen LogP contribution in [0.25, 0.3) is 11.3 Å². The van der Waals surface area contributed by atoms with Crippen LogP contribution < -0.4 is 15.4 Å². The van der Waals surface area contributed by atoms with Gasteiger partial charge >= 0.3 is 5.95 Å². The minimum absolute atomic E-state index is 0.0649. The zero-order valence-corrected chi connectivity index (χ0v) is 25.2. The van der Waals surface area contributed by atoms with Gasteiger partial charge in [0, 0.05) is 59.2 Å². The van der Waals surface area contributed by atoms with E-state index in [1.54, 1.807) is 47.9 Å². The summed E-state index contributed by atoms with van der Waals surface area (Å²) in [6, 6.07) is 15.8. The molecule has 3 N–H and O–H groups in total. The van der Waals surface area contributed by atoms with Crippen molar-refractivity contribution >= 4 is 46.5 Å². The van der Waals surface area contributed by atoms with Gasteiger partial charge in [-0.2, -0.15) is 9.97 Å². The van der Waals surface area contributed by atoms with Crippen LogP contribution in [0, 0.1) is 5.82 Å². The Morgan fingerprint density at radius 3 is 2.65 bits per heavy atom. The van der Waals surface area contributed by atoms with Crippen LogP contribution in [-0.2, 0) is 6.54 Å². The lowest BCUT2D eigenvalue weighted by atomic mass is 9.94. The number of halogens is 3. The summed E-state index contributed by atoms with van der Waals surface area (Å²) in [5.74, 6) is 0.314. The number of carbonyl (C=O) groups is 1. The molecule has 11 heteroatoms. The second-order valence-corrected chi connectivity index (χ2v) is 11.4. The third-order valence-corrected chi connectivity index (χ3v) is 8.47. The largest absolute Gasteiger partial charge is 0.496 e. The van der Waals surface area contributed by atoms with Crippen LogP contribution >= 0.6 is 23.2 Å². The standard InChI is InChI=1S/C32H29Cl2FN6O2/c1-36-20-10-12-41(13-11-20)31(42)23-9-7-21(15-25(23)34)39-32-38-17-18-16-37-30(28-26(35)4-3-5-27(28)43-2)24-14-19(33)6-8-22(24)29(18)40-32/h3-9,14-15,17,20,36H,10-13,16H2,1-2H3,(H,38,39,40)/p+1. The van der Waals surface area contributed by atoms with Gasteiger partial charge in [-0.25, -0.2) is 9.71 Å². The number of hydrogen-bond acceptors (Lipinski definition) is 6. The number of methoxy groups -OCH3 is 1. The molecule has 2 aliphatic rings. The van der Waals surface area contributed by atoms with Gasteiger partial charge in [-0.3, -0.25) is 9.79 Å². The summed E-state index contributed by atoms with van der Waals surface area (Å²) in [6.07, 6.45) is 3.56. The number of piperidine rings is 1. The van der Waals surface area contributed by atoms with E-state index in [0.717, 1.165) is 29.7 Å². The Morgan fingerprint density at radius 1 is 1.09 bits per heavy atom. The molecule has 6 rings (SSSR count). The fourth-order valence-corrected chi connectivity index (χ4v) is 6.05. The Balaban J connectivity index is 1.29. The molecule has 1 fully saturated rings. The number of quaternary nitrogens is 1. The third kappa shape index (κ3) is 5.86. The topological polar surface area (TPSA) is 96.3 Å². The number of benzene rings is 3. The van der Waals surface area contributed by atoms with E-state index in [0.29, 0.717) is 63.4 Å². The van der Waals surface area contributed by atoms with Crippen LogP contribution in [0.15, 0.2) is 65.8 Å². The number of aromatic nitrogens is 2. The van der Waals surface area contributed by atoms with Gasteiger partial charge in [0.2, 0.25) is 0 Å². The minimum Gasteiger partial charge on any atom is -0.496 e. The van der Waals surface area contributed by atoms with Gasteiger partial charge in [0.1, 0.15) is 17.3 Å². The smallest absolute Gasteiger partial charge is 0.331 e. The van der Waals surface area contributed by atoms with Gasteiger partial charge in [0.05, 0.1) is 41.2 Å². The maximum atomic E-state index is 15.2. The van der Waals surface area contributed by atoms with E-state index in [4.69, 9.17) is 37.9 Å². The van der Waals surface area contributed by atoms with Crippen molar-refractivity contribution in [1.82, 2.24) is 20.2 Å². The first-order valence-corrected chi connectivity index (χ1v) is 14.8. The van der Waals surface area contributed by atoms with E-state index < -0.39 is 5.82 Å². The highest BCUT2D eigenvalue weighted by atomic mass is 35.5. The minimum atomic E-state index is -0.448. The molecule has 0 unspecified atom stereocenters. The van der Waals surface area contributed by atoms with E-state index >= 15 is 4.39 Å². The van der Waals surface area contributed by atoms with Crippen LogP contribution in [-0.4, -0.2) is 59.8 Å². The van der Waals surface area contributed by atoms with Gasteiger partial charge in [-0.1, -0.05) is 35.3 Å². The number of nitrogens with one attached hydrogen (secondary N) is 1. The van der Waals surface area contributed by atoms with Crippen molar-refractivity contribution in [3.63, 3.8) is 0 Å². The number of fused-ring (bicyclic) bond motifs is 3. The molecule has 0 radical (unpaired) electrons. The second kappa shape index (κ2) is 12.4. The molecule has 0 spiro atoms. The quantitative estimate of drug-likeness (QED) is 0.286. The monoisotopic (exact) mass is 619 g/mol. The normalized spacial score (nSPS) is 14.9. The van der Waals surface area contributed by atoms with Crippen molar-refractivity contribution in [2.24, 2.45) is 4.99 Å². The van der Waals surface area contributed by atoms with Crippen LogP contribution in [0.2, 0.25) is 10.0 Å². The van der Waals surface area contributed by atoms with Crippen LogP contribution in [0.5, 0.6) is 5.75 Å². The van der Waals surface area contributed by atoms with Gasteiger partial charge in [0.25, 0.3) is 5.91 Å². The summed E-state index contributed by atoms with van der Waals surface area (Å²) in [5.41, 5.74) is 4.77. The average Bonchev–Trinajstić information content (AvgIpc) is 3.17. The zero-order valence-electron chi connectivity index (χ0n) is 23.7. The maximum Gasteiger partial charge on any atom is 0.331 e. The Hall–Kier alpha value is -3.89. The predicted octanol–water partition coefficient (Wildman–Crippen LogP) is 5.30. The number of aliphatic imine (C=N–C) groups is 1. The van der Waals surface area contributed by atoms with E-state index in [1.165, 1.54) is 13.2 Å². The van der Waals surface area contributed by atoms with E-state index in [2.05, 4.69) is 10.3 Å². The molecule has 220 valence electrons. The number of hydrogen-bond donors (Lipinski definition) is 2. The summed E-state index contributed by atoms with van der Waals surface area (Å²) in [7, 11) is 3.45. The first kappa shape index (κ1) is 29.2. The molecule has 0 bridgehead atoms. The predicted molar refractivity (Wildman–Crippen MR) is 165 cm³/mol. The molecule has 3 aromatic carbocycles. The SMILES string of the molecule is CNC1CCN(C(=O)c2ccc([NH2+]c3ncc4c(n3)-c3ccc(Cl)cc3C(c3c(F)cccc3OC)=NC4)cc2Cl)CC1. The maximum absolute atomic E-state index is 15.2. The fourth-order valence-electron chi connectivity index (χ4n) is 5.61. The highest BCUT2D eigenvalue weighted by Crippen LogP contribution is 2.36. The Labute approximate surface area is 258 Å². The highest BCUT2D eigenvalue weighted by molar-refractivity contribution is 6.34. The van der Waals surface area contributed by atoms with Crippen LogP contribution in [0.4, 0.5) is 16.0 Å². The Kier molecular flexibility index (Phi) is 8.41. The number of ether oxygens (including phenoxy) is 1. The summed E-state index contributed by atoms with van der Waals surface area (Å²) in [4.78, 5) is 29.2. The van der Waals surface area contributed by atoms with Crippen molar-refractivity contribution in [2.75, 3.05) is 27.2 Å².